The molecular weight excluding hydrogens is 452 g/mol. The van der Waals surface area contributed by atoms with E-state index in [1.807, 2.05) is 61.5 Å². The summed E-state index contributed by atoms with van der Waals surface area (Å²) in [4.78, 5) is 31.7. The summed E-state index contributed by atoms with van der Waals surface area (Å²) in [6.07, 6.45) is 1.82. The van der Waals surface area contributed by atoms with Gasteiger partial charge in [0.15, 0.2) is 4.80 Å². The van der Waals surface area contributed by atoms with Crippen LogP contribution in [-0.4, -0.2) is 30.9 Å². The summed E-state index contributed by atoms with van der Waals surface area (Å²) < 4.78 is 18.5. The van der Waals surface area contributed by atoms with E-state index in [9.17, 15) is 9.59 Å². The fourth-order valence-corrected chi connectivity index (χ4v) is 5.00. The van der Waals surface area contributed by atoms with Gasteiger partial charge in [0.25, 0.3) is 5.56 Å². The van der Waals surface area contributed by atoms with Gasteiger partial charge >= 0.3 is 5.97 Å². The summed E-state index contributed by atoms with van der Waals surface area (Å²) >= 11 is 1.28. The minimum atomic E-state index is -0.714. The summed E-state index contributed by atoms with van der Waals surface area (Å²) in [5, 5.41) is 0. The van der Waals surface area contributed by atoms with Gasteiger partial charge in [-0.05, 0) is 50.6 Å². The lowest BCUT2D eigenvalue weighted by atomic mass is 9.95. The van der Waals surface area contributed by atoms with Gasteiger partial charge in [0.2, 0.25) is 0 Å². The lowest BCUT2D eigenvalue weighted by Gasteiger charge is -2.25. The Morgan fingerprint density at radius 2 is 1.85 bits per heavy atom. The topological polar surface area (TPSA) is 79.1 Å². The fourth-order valence-electron chi connectivity index (χ4n) is 3.96. The average molecular weight is 479 g/mol. The zero-order valence-electron chi connectivity index (χ0n) is 19.5. The fraction of sp³-hybridized carbons (Fsp3) is 0.269. The molecule has 1 aromatic heterocycles. The lowest BCUT2D eigenvalue weighted by molar-refractivity contribution is -0.139. The second-order valence-electron chi connectivity index (χ2n) is 7.55. The molecule has 0 amide bonds. The van der Waals surface area contributed by atoms with Gasteiger partial charge in [-0.25, -0.2) is 9.79 Å². The number of benzene rings is 2. The van der Waals surface area contributed by atoms with Gasteiger partial charge in [-0.15, -0.1) is 0 Å². The first-order chi connectivity index (χ1) is 16.5. The third-order valence-corrected chi connectivity index (χ3v) is 6.42. The lowest BCUT2D eigenvalue weighted by Crippen LogP contribution is -2.40. The molecule has 1 atom stereocenters. The van der Waals surface area contributed by atoms with E-state index in [2.05, 4.69) is 4.99 Å². The standard InChI is InChI=1S/C26H26N2O5S/c1-5-32-18-13-11-17(12-14-18)15-21-24(29)28-23(19-9-7-8-10-20(19)31-4)22(25(30)33-6-2)16(3)27-26(28)34-21/h7-15,23H,5-6H2,1-4H3/b21-15+/t23-/m1/s1. The van der Waals surface area contributed by atoms with Crippen LogP contribution in [0, 0.1) is 0 Å². The molecule has 0 aliphatic carbocycles. The number of fused-ring (bicyclic) bond motifs is 1. The molecular formula is C26H26N2O5S. The van der Waals surface area contributed by atoms with Crippen molar-refractivity contribution in [3.8, 4) is 11.5 Å². The van der Waals surface area contributed by atoms with Crippen molar-refractivity contribution < 1.29 is 19.0 Å². The predicted molar refractivity (Wildman–Crippen MR) is 131 cm³/mol. The van der Waals surface area contributed by atoms with Crippen LogP contribution in [0.15, 0.2) is 69.6 Å². The second-order valence-corrected chi connectivity index (χ2v) is 8.56. The quantitative estimate of drug-likeness (QED) is 0.488. The highest BCUT2D eigenvalue weighted by Gasteiger charge is 2.34. The Kier molecular flexibility index (Phi) is 6.98. The smallest absolute Gasteiger partial charge is 0.338 e. The van der Waals surface area contributed by atoms with E-state index in [1.54, 1.807) is 25.5 Å². The molecule has 2 aromatic carbocycles. The number of rotatable bonds is 7. The Labute approximate surface area is 201 Å². The molecule has 0 radical (unpaired) electrons. The van der Waals surface area contributed by atoms with Crippen LogP contribution in [0.5, 0.6) is 11.5 Å². The number of ether oxygens (including phenoxy) is 3. The normalized spacial score (nSPS) is 15.5. The largest absolute Gasteiger partial charge is 0.496 e. The first kappa shape index (κ1) is 23.5. The monoisotopic (exact) mass is 478 g/mol. The van der Waals surface area contributed by atoms with Gasteiger partial charge in [0.05, 0.1) is 36.1 Å². The Morgan fingerprint density at radius 1 is 1.12 bits per heavy atom. The van der Waals surface area contributed by atoms with Crippen LogP contribution < -0.4 is 24.4 Å². The maximum absolute atomic E-state index is 13.6. The summed E-state index contributed by atoms with van der Waals surface area (Å²) in [7, 11) is 1.56. The van der Waals surface area contributed by atoms with Crippen LogP contribution in [0.4, 0.5) is 0 Å². The summed E-state index contributed by atoms with van der Waals surface area (Å²) in [5.41, 5.74) is 2.16. The highest BCUT2D eigenvalue weighted by Crippen LogP contribution is 2.35. The second kappa shape index (κ2) is 10.1. The van der Waals surface area contributed by atoms with Crippen molar-refractivity contribution in [2.24, 2.45) is 4.99 Å². The summed E-state index contributed by atoms with van der Waals surface area (Å²) in [5.74, 6) is 0.845. The third-order valence-electron chi connectivity index (χ3n) is 5.44. The van der Waals surface area contributed by atoms with Gasteiger partial charge in [-0.3, -0.25) is 9.36 Å². The molecule has 0 saturated heterocycles. The molecule has 2 heterocycles. The molecule has 4 rings (SSSR count). The number of nitrogens with zero attached hydrogens (tertiary/aromatic N) is 2. The molecule has 1 aliphatic rings. The molecule has 34 heavy (non-hydrogen) atoms. The minimum Gasteiger partial charge on any atom is -0.496 e. The first-order valence-corrected chi connectivity index (χ1v) is 11.9. The van der Waals surface area contributed by atoms with Crippen LogP contribution >= 0.6 is 11.3 Å². The van der Waals surface area contributed by atoms with Crippen LogP contribution in [-0.2, 0) is 9.53 Å². The van der Waals surface area contributed by atoms with Crippen molar-refractivity contribution in [2.45, 2.75) is 26.8 Å². The maximum atomic E-state index is 13.6. The van der Waals surface area contributed by atoms with Crippen molar-refractivity contribution in [3.05, 3.63) is 90.6 Å². The molecule has 0 bridgehead atoms. The van der Waals surface area contributed by atoms with Gasteiger partial charge in [0, 0.05) is 5.56 Å². The Bertz CT molecular complexity index is 1420. The van der Waals surface area contributed by atoms with Crippen LogP contribution in [0.1, 0.15) is 37.9 Å². The van der Waals surface area contributed by atoms with Crippen LogP contribution in [0.25, 0.3) is 6.08 Å². The van der Waals surface area contributed by atoms with Crippen LogP contribution in [0.2, 0.25) is 0 Å². The minimum absolute atomic E-state index is 0.219. The molecule has 8 heteroatoms. The van der Waals surface area contributed by atoms with Crippen molar-refractivity contribution in [3.63, 3.8) is 0 Å². The zero-order valence-corrected chi connectivity index (χ0v) is 20.3. The Morgan fingerprint density at radius 3 is 2.53 bits per heavy atom. The van der Waals surface area contributed by atoms with E-state index in [0.717, 1.165) is 11.3 Å². The highest BCUT2D eigenvalue weighted by molar-refractivity contribution is 7.07. The van der Waals surface area contributed by atoms with E-state index in [1.165, 1.54) is 11.3 Å². The number of allylic oxidation sites excluding steroid dienone is 1. The number of carbonyl (C=O) groups is 1. The number of thiazole rings is 1. The maximum Gasteiger partial charge on any atom is 0.338 e. The number of aromatic nitrogens is 1. The van der Waals surface area contributed by atoms with Gasteiger partial charge in [0.1, 0.15) is 17.5 Å². The predicted octanol–water partition coefficient (Wildman–Crippen LogP) is 3.21. The molecule has 0 N–H and O–H groups in total. The SMILES string of the molecule is CCOC(=O)C1=C(C)N=c2s/c(=C/c3ccc(OCC)cc3)c(=O)n2[C@@H]1c1ccccc1OC. The van der Waals surface area contributed by atoms with Gasteiger partial charge < -0.3 is 14.2 Å². The molecule has 0 fully saturated rings. The first-order valence-electron chi connectivity index (χ1n) is 11.0. The van der Waals surface area contributed by atoms with Crippen LogP contribution in [0.3, 0.4) is 0 Å². The summed E-state index contributed by atoms with van der Waals surface area (Å²) in [6, 6.07) is 14.2. The van der Waals surface area contributed by atoms with Crippen molar-refractivity contribution >= 4 is 23.4 Å². The molecule has 0 saturated carbocycles. The summed E-state index contributed by atoms with van der Waals surface area (Å²) in [6.45, 7) is 6.25. The van der Waals surface area contributed by atoms with Gasteiger partial charge in [-0.2, -0.15) is 0 Å². The van der Waals surface area contributed by atoms with E-state index in [4.69, 9.17) is 14.2 Å². The number of hydrogen-bond acceptors (Lipinski definition) is 7. The molecule has 3 aromatic rings. The number of hydrogen-bond donors (Lipinski definition) is 0. The van der Waals surface area contributed by atoms with Crippen molar-refractivity contribution in [2.75, 3.05) is 20.3 Å². The van der Waals surface area contributed by atoms with E-state index in [-0.39, 0.29) is 12.2 Å². The van der Waals surface area contributed by atoms with E-state index in [0.29, 0.717) is 38.5 Å². The molecule has 0 spiro atoms. The van der Waals surface area contributed by atoms with Crippen molar-refractivity contribution in [1.29, 1.82) is 0 Å². The van der Waals surface area contributed by atoms with E-state index >= 15 is 0 Å². The Hall–Kier alpha value is -3.65. The number of methoxy groups -OCH3 is 1. The molecule has 7 nitrogen and oxygen atoms in total. The average Bonchev–Trinajstić information content (AvgIpc) is 3.14. The number of esters is 1. The zero-order chi connectivity index (χ0) is 24.2. The Balaban J connectivity index is 1.92. The molecule has 0 unspecified atom stereocenters. The van der Waals surface area contributed by atoms with Crippen molar-refractivity contribution in [1.82, 2.24) is 4.57 Å². The van der Waals surface area contributed by atoms with Gasteiger partial charge in [-0.1, -0.05) is 41.7 Å². The number of carbonyl (C=O) groups excluding carboxylic acids is 1. The number of para-hydroxylation sites is 1. The third kappa shape index (κ3) is 4.41. The molecule has 176 valence electrons. The highest BCUT2D eigenvalue weighted by atomic mass is 32.1. The van der Waals surface area contributed by atoms with E-state index < -0.39 is 12.0 Å². The molecule has 1 aliphatic heterocycles.